The Morgan fingerprint density at radius 3 is 2.69 bits per heavy atom. The van der Waals surface area contributed by atoms with Crippen LogP contribution in [0, 0.1) is 6.92 Å². The van der Waals surface area contributed by atoms with Crippen LogP contribution in [0.25, 0.3) is 5.69 Å². The summed E-state index contributed by atoms with van der Waals surface area (Å²) in [5.74, 6) is 0. The van der Waals surface area contributed by atoms with Crippen molar-refractivity contribution in [2.45, 2.75) is 13.3 Å². The first kappa shape index (κ1) is 11.1. The molecule has 1 aromatic carbocycles. The molecule has 0 radical (unpaired) electrons. The number of aromatic nitrogens is 2. The van der Waals surface area contributed by atoms with Gasteiger partial charge in [0, 0.05) is 22.2 Å². The van der Waals surface area contributed by atoms with Gasteiger partial charge in [-0.15, -0.1) is 0 Å². The Bertz CT molecular complexity index is 502. The van der Waals surface area contributed by atoms with Gasteiger partial charge in [-0.3, -0.25) is 0 Å². The second kappa shape index (κ2) is 4.61. The minimum absolute atomic E-state index is 0.419. The van der Waals surface area contributed by atoms with E-state index in [2.05, 4.69) is 21.0 Å². The van der Waals surface area contributed by atoms with E-state index in [0.29, 0.717) is 6.42 Å². The van der Waals surface area contributed by atoms with Crippen LogP contribution >= 0.6 is 15.9 Å². The largest absolute Gasteiger partial charge is 0.303 e. The maximum Gasteiger partial charge on any atom is 0.124 e. The summed E-state index contributed by atoms with van der Waals surface area (Å²) in [4.78, 5) is 10.5. The Balaban J connectivity index is 2.40. The fourth-order valence-corrected chi connectivity index (χ4v) is 1.84. The molecule has 16 heavy (non-hydrogen) atoms. The van der Waals surface area contributed by atoms with Gasteiger partial charge in [-0.25, -0.2) is 4.68 Å². The summed E-state index contributed by atoms with van der Waals surface area (Å²) in [6.45, 7) is 1.97. The van der Waals surface area contributed by atoms with Crippen LogP contribution in [-0.4, -0.2) is 16.1 Å². The molecular formula is C12H11BrN2O. The molecule has 2 aromatic rings. The van der Waals surface area contributed by atoms with Crippen LogP contribution in [0.5, 0.6) is 0 Å². The summed E-state index contributed by atoms with van der Waals surface area (Å²) >= 11 is 3.39. The number of carbonyl (C=O) groups excluding carboxylic acids is 1. The SMILES string of the molecule is Cc1c(CC=O)cnn1-c1ccc(Br)cc1. The van der Waals surface area contributed by atoms with Gasteiger partial charge in [0.25, 0.3) is 0 Å². The highest BCUT2D eigenvalue weighted by molar-refractivity contribution is 9.10. The highest BCUT2D eigenvalue weighted by Crippen LogP contribution is 2.17. The summed E-state index contributed by atoms with van der Waals surface area (Å²) in [5, 5.41) is 4.28. The third kappa shape index (κ3) is 2.07. The van der Waals surface area contributed by atoms with Gasteiger partial charge in [-0.1, -0.05) is 15.9 Å². The smallest absolute Gasteiger partial charge is 0.124 e. The lowest BCUT2D eigenvalue weighted by atomic mass is 10.2. The molecular weight excluding hydrogens is 268 g/mol. The van der Waals surface area contributed by atoms with Crippen molar-refractivity contribution < 1.29 is 4.79 Å². The third-order valence-corrected chi connectivity index (χ3v) is 3.01. The molecule has 0 fully saturated rings. The first-order valence-corrected chi connectivity index (χ1v) is 5.74. The van der Waals surface area contributed by atoms with Gasteiger partial charge < -0.3 is 4.79 Å². The molecule has 0 saturated heterocycles. The highest BCUT2D eigenvalue weighted by Gasteiger charge is 2.07. The number of nitrogens with zero attached hydrogens (tertiary/aromatic N) is 2. The molecule has 0 aliphatic carbocycles. The maximum absolute atomic E-state index is 10.5. The van der Waals surface area contributed by atoms with Crippen molar-refractivity contribution in [2.75, 3.05) is 0 Å². The van der Waals surface area contributed by atoms with Gasteiger partial charge >= 0.3 is 0 Å². The fourth-order valence-electron chi connectivity index (χ4n) is 1.58. The Kier molecular flexibility index (Phi) is 3.19. The molecule has 0 bridgehead atoms. The van der Waals surface area contributed by atoms with E-state index in [1.165, 1.54) is 0 Å². The summed E-state index contributed by atoms with van der Waals surface area (Å²) < 4.78 is 2.87. The van der Waals surface area contributed by atoms with Gasteiger partial charge in [0.1, 0.15) is 6.29 Å². The van der Waals surface area contributed by atoms with Crippen molar-refractivity contribution in [3.8, 4) is 5.69 Å². The van der Waals surface area contributed by atoms with Crippen LogP contribution in [0.2, 0.25) is 0 Å². The first-order valence-electron chi connectivity index (χ1n) is 4.95. The Morgan fingerprint density at radius 2 is 2.06 bits per heavy atom. The monoisotopic (exact) mass is 278 g/mol. The maximum atomic E-state index is 10.5. The zero-order valence-corrected chi connectivity index (χ0v) is 10.4. The van der Waals surface area contributed by atoms with Crippen LogP contribution in [0.15, 0.2) is 34.9 Å². The molecule has 2 rings (SSSR count). The zero-order valence-electron chi connectivity index (χ0n) is 8.85. The molecule has 0 N–H and O–H groups in total. The van der Waals surface area contributed by atoms with E-state index in [1.54, 1.807) is 6.20 Å². The molecule has 0 spiro atoms. The Labute approximate surface area is 102 Å². The van der Waals surface area contributed by atoms with Crippen molar-refractivity contribution in [3.63, 3.8) is 0 Å². The van der Waals surface area contributed by atoms with Crippen molar-refractivity contribution >= 4 is 22.2 Å². The van der Waals surface area contributed by atoms with Crippen LogP contribution in [0.4, 0.5) is 0 Å². The van der Waals surface area contributed by atoms with Gasteiger partial charge in [0.15, 0.2) is 0 Å². The second-order valence-electron chi connectivity index (χ2n) is 3.51. The van der Waals surface area contributed by atoms with Gasteiger partial charge in [-0.05, 0) is 31.2 Å². The van der Waals surface area contributed by atoms with E-state index >= 15 is 0 Å². The third-order valence-electron chi connectivity index (χ3n) is 2.49. The summed E-state index contributed by atoms with van der Waals surface area (Å²) in [6, 6.07) is 7.90. The number of hydrogen-bond acceptors (Lipinski definition) is 2. The number of carbonyl (C=O) groups is 1. The first-order chi connectivity index (χ1) is 7.72. The van der Waals surface area contributed by atoms with E-state index in [0.717, 1.165) is 27.7 Å². The predicted molar refractivity (Wildman–Crippen MR) is 65.8 cm³/mol. The van der Waals surface area contributed by atoms with Crippen LogP contribution in [0.3, 0.4) is 0 Å². The lowest BCUT2D eigenvalue weighted by molar-refractivity contribution is -0.107. The number of hydrogen-bond donors (Lipinski definition) is 0. The van der Waals surface area contributed by atoms with E-state index in [-0.39, 0.29) is 0 Å². The molecule has 1 heterocycles. The minimum Gasteiger partial charge on any atom is -0.303 e. The zero-order chi connectivity index (χ0) is 11.5. The molecule has 0 aliphatic rings. The Hall–Kier alpha value is -1.42. The molecule has 3 nitrogen and oxygen atoms in total. The lowest BCUT2D eigenvalue weighted by Crippen LogP contribution is -1.99. The second-order valence-corrected chi connectivity index (χ2v) is 4.43. The van der Waals surface area contributed by atoms with Gasteiger partial charge in [0.05, 0.1) is 11.9 Å². The molecule has 0 amide bonds. The Morgan fingerprint density at radius 1 is 1.38 bits per heavy atom. The molecule has 0 saturated carbocycles. The van der Waals surface area contributed by atoms with E-state index in [4.69, 9.17) is 0 Å². The summed E-state index contributed by atoms with van der Waals surface area (Å²) in [6.07, 6.45) is 3.06. The molecule has 82 valence electrons. The van der Waals surface area contributed by atoms with Crippen molar-refractivity contribution in [3.05, 3.63) is 46.2 Å². The molecule has 1 aromatic heterocycles. The van der Waals surface area contributed by atoms with E-state index in [9.17, 15) is 4.79 Å². The quantitative estimate of drug-likeness (QED) is 0.810. The average molecular weight is 279 g/mol. The van der Waals surface area contributed by atoms with Crippen LogP contribution in [0.1, 0.15) is 11.3 Å². The van der Waals surface area contributed by atoms with E-state index in [1.807, 2.05) is 35.9 Å². The lowest BCUT2D eigenvalue weighted by Gasteiger charge is -2.04. The predicted octanol–water partition coefficient (Wildman–Crippen LogP) is 2.68. The number of aldehydes is 1. The molecule has 0 aliphatic heterocycles. The normalized spacial score (nSPS) is 10.4. The number of benzene rings is 1. The summed E-state index contributed by atoms with van der Waals surface area (Å²) in [7, 11) is 0. The van der Waals surface area contributed by atoms with Crippen LogP contribution in [-0.2, 0) is 11.2 Å². The van der Waals surface area contributed by atoms with Gasteiger partial charge in [0.2, 0.25) is 0 Å². The minimum atomic E-state index is 0.419. The number of rotatable bonds is 3. The van der Waals surface area contributed by atoms with E-state index < -0.39 is 0 Å². The summed E-state index contributed by atoms with van der Waals surface area (Å²) in [5.41, 5.74) is 2.98. The van der Waals surface area contributed by atoms with Crippen molar-refractivity contribution in [2.24, 2.45) is 0 Å². The topological polar surface area (TPSA) is 34.9 Å². The van der Waals surface area contributed by atoms with Crippen molar-refractivity contribution in [1.29, 1.82) is 0 Å². The number of halogens is 1. The molecule has 0 atom stereocenters. The van der Waals surface area contributed by atoms with Gasteiger partial charge in [-0.2, -0.15) is 5.10 Å². The average Bonchev–Trinajstić information content (AvgIpc) is 2.63. The molecule has 4 heteroatoms. The highest BCUT2D eigenvalue weighted by atomic mass is 79.9. The van der Waals surface area contributed by atoms with Crippen molar-refractivity contribution in [1.82, 2.24) is 9.78 Å². The molecule has 0 unspecified atom stereocenters. The standard InChI is InChI=1S/C12H11BrN2O/c1-9-10(6-7-16)8-14-15(9)12-4-2-11(13)3-5-12/h2-5,7-8H,6H2,1H3. The fraction of sp³-hybridized carbons (Fsp3) is 0.167. The van der Waals surface area contributed by atoms with Crippen LogP contribution < -0.4 is 0 Å².